The molecule has 0 aliphatic carbocycles. The molecule has 3 aromatic heterocycles. The third-order valence-corrected chi connectivity index (χ3v) is 1.78. The molecule has 0 radical (unpaired) electrons. The fourth-order valence-corrected chi connectivity index (χ4v) is 1.19. The lowest BCUT2D eigenvalue weighted by molar-refractivity contribution is 0.955. The summed E-state index contributed by atoms with van der Waals surface area (Å²) in [6.45, 7) is 0. The van der Waals surface area contributed by atoms with Gasteiger partial charge in [0.2, 0.25) is 5.65 Å². The Bertz CT molecular complexity index is 521. The van der Waals surface area contributed by atoms with Crippen LogP contribution in [0.2, 0.25) is 0 Å². The highest BCUT2D eigenvalue weighted by Gasteiger charge is 2.02. The topological polar surface area (TPSA) is 80.2 Å². The summed E-state index contributed by atoms with van der Waals surface area (Å²) in [7, 11) is 0. The molecule has 0 aliphatic rings. The largest absolute Gasteiger partial charge is 0.243 e. The predicted octanol–water partition coefficient (Wildman–Crippen LogP) is 0.296. The molecule has 0 amide bonds. The Morgan fingerprint density at radius 3 is 3.08 bits per heavy atom. The molecule has 0 unspecified atom stereocenters. The summed E-state index contributed by atoms with van der Waals surface area (Å²) in [5, 5.41) is 10.3. The first-order valence-electron chi connectivity index (χ1n) is 3.71. The van der Waals surface area contributed by atoms with Crippen LogP contribution in [0.3, 0.4) is 0 Å². The molecule has 0 spiro atoms. The number of pyridine rings is 1. The van der Waals surface area contributed by atoms with Gasteiger partial charge in [-0.25, -0.2) is 15.0 Å². The summed E-state index contributed by atoms with van der Waals surface area (Å²) < 4.78 is 0. The van der Waals surface area contributed by atoms with Crippen molar-refractivity contribution < 1.29 is 0 Å². The van der Waals surface area contributed by atoms with Gasteiger partial charge in [0.05, 0.1) is 11.7 Å². The van der Waals surface area contributed by atoms with E-state index < -0.39 is 0 Å². The van der Waals surface area contributed by atoms with E-state index in [2.05, 4.69) is 30.4 Å². The van der Waals surface area contributed by atoms with Gasteiger partial charge in [-0.05, 0) is 6.07 Å². The van der Waals surface area contributed by atoms with Crippen LogP contribution in [-0.4, -0.2) is 30.4 Å². The Hall–Kier alpha value is -2.11. The van der Waals surface area contributed by atoms with E-state index >= 15 is 0 Å². The normalized spacial score (nSPS) is 11.1. The molecule has 3 aromatic rings. The summed E-state index contributed by atoms with van der Waals surface area (Å²) in [5.74, 6) is 0. The van der Waals surface area contributed by atoms with Crippen LogP contribution < -0.4 is 0 Å². The quantitative estimate of drug-likeness (QED) is 0.527. The van der Waals surface area contributed by atoms with Gasteiger partial charge in [-0.15, -0.1) is 5.10 Å². The third-order valence-electron chi connectivity index (χ3n) is 1.78. The van der Waals surface area contributed by atoms with Crippen molar-refractivity contribution in [1.29, 1.82) is 0 Å². The van der Waals surface area contributed by atoms with Gasteiger partial charge in [0.25, 0.3) is 0 Å². The maximum absolute atomic E-state index is 4.21. The maximum Gasteiger partial charge on any atom is 0.202 e. The van der Waals surface area contributed by atoms with Crippen molar-refractivity contribution in [2.45, 2.75) is 0 Å². The van der Waals surface area contributed by atoms with Gasteiger partial charge in [-0.2, -0.15) is 10.3 Å². The van der Waals surface area contributed by atoms with Gasteiger partial charge < -0.3 is 0 Å². The molecule has 1 N–H and O–H groups in total. The van der Waals surface area contributed by atoms with Gasteiger partial charge in [0, 0.05) is 0 Å². The molecule has 0 saturated carbocycles. The summed E-state index contributed by atoms with van der Waals surface area (Å²) in [5.41, 5.74) is 2.80. The van der Waals surface area contributed by atoms with Crippen LogP contribution in [0.25, 0.3) is 22.2 Å². The number of nitrogens with zero attached hydrogens (tertiary/aromatic N) is 5. The number of nitrogens with one attached hydrogen (secondary N) is 1. The second-order valence-electron chi connectivity index (χ2n) is 2.58. The molecular formula is C7H4N6. The first kappa shape index (κ1) is 6.41. The minimum absolute atomic E-state index is 0.585. The predicted molar refractivity (Wildman–Crippen MR) is 44.8 cm³/mol. The van der Waals surface area contributed by atoms with Crippen LogP contribution in [-0.2, 0) is 0 Å². The fraction of sp³-hybridized carbons (Fsp3) is 0. The average Bonchev–Trinajstić information content (AvgIpc) is 2.61. The Morgan fingerprint density at radius 2 is 2.08 bits per heavy atom. The van der Waals surface area contributed by atoms with E-state index in [4.69, 9.17) is 0 Å². The molecule has 6 heteroatoms. The smallest absolute Gasteiger partial charge is 0.202 e. The molecule has 0 atom stereocenters. The molecular weight excluding hydrogens is 168 g/mol. The zero-order chi connectivity index (χ0) is 8.67. The standard InChI is InChI=1S/C7H4N6/c1-4-6(2-8-3-9-4)10-7-5(1)11-13-12-7/h1-3H,(H,10,11,12,13). The van der Waals surface area contributed by atoms with Crippen molar-refractivity contribution in [3.05, 3.63) is 18.6 Å². The molecule has 62 valence electrons. The van der Waals surface area contributed by atoms with Crippen LogP contribution in [0.1, 0.15) is 0 Å². The van der Waals surface area contributed by atoms with Gasteiger partial charge in [0.15, 0.2) is 0 Å². The van der Waals surface area contributed by atoms with Crippen LogP contribution in [0.5, 0.6) is 0 Å². The molecule has 13 heavy (non-hydrogen) atoms. The first-order chi connectivity index (χ1) is 6.43. The second-order valence-corrected chi connectivity index (χ2v) is 2.58. The van der Waals surface area contributed by atoms with Crippen molar-refractivity contribution in [3.8, 4) is 0 Å². The molecule has 0 bridgehead atoms. The number of hydrogen-bond donors (Lipinski definition) is 1. The lowest BCUT2D eigenvalue weighted by Crippen LogP contribution is -1.85. The Kier molecular flexibility index (Phi) is 1.08. The summed E-state index contributed by atoms with van der Waals surface area (Å²) in [4.78, 5) is 12.1. The van der Waals surface area contributed by atoms with E-state index in [1.165, 1.54) is 6.33 Å². The minimum Gasteiger partial charge on any atom is -0.243 e. The van der Waals surface area contributed by atoms with E-state index in [-0.39, 0.29) is 0 Å². The van der Waals surface area contributed by atoms with E-state index in [0.29, 0.717) is 11.2 Å². The zero-order valence-electron chi connectivity index (χ0n) is 6.47. The highest BCUT2D eigenvalue weighted by molar-refractivity contribution is 5.85. The van der Waals surface area contributed by atoms with Gasteiger partial charge in [0.1, 0.15) is 17.4 Å². The van der Waals surface area contributed by atoms with Crippen molar-refractivity contribution in [2.75, 3.05) is 0 Å². The van der Waals surface area contributed by atoms with Crippen LogP contribution in [0, 0.1) is 0 Å². The van der Waals surface area contributed by atoms with E-state index in [0.717, 1.165) is 11.0 Å². The van der Waals surface area contributed by atoms with E-state index in [1.807, 2.05) is 6.07 Å². The molecule has 0 fully saturated rings. The van der Waals surface area contributed by atoms with Crippen molar-refractivity contribution in [2.24, 2.45) is 0 Å². The summed E-state index contributed by atoms with van der Waals surface area (Å²) >= 11 is 0. The Morgan fingerprint density at radius 1 is 1.08 bits per heavy atom. The fourth-order valence-electron chi connectivity index (χ4n) is 1.19. The Balaban J connectivity index is 2.57. The highest BCUT2D eigenvalue weighted by atomic mass is 15.3. The van der Waals surface area contributed by atoms with Crippen LogP contribution in [0.4, 0.5) is 0 Å². The monoisotopic (exact) mass is 172 g/mol. The average molecular weight is 172 g/mol. The van der Waals surface area contributed by atoms with Gasteiger partial charge in [-0.1, -0.05) is 0 Å². The molecule has 6 nitrogen and oxygen atoms in total. The second kappa shape index (κ2) is 2.19. The van der Waals surface area contributed by atoms with Crippen molar-refractivity contribution >= 4 is 22.2 Å². The summed E-state index contributed by atoms with van der Waals surface area (Å²) in [6.07, 6.45) is 3.13. The molecule has 3 rings (SSSR count). The maximum atomic E-state index is 4.21. The number of aromatic nitrogens is 6. The lowest BCUT2D eigenvalue weighted by Gasteiger charge is -1.92. The highest BCUT2D eigenvalue weighted by Crippen LogP contribution is 2.11. The zero-order valence-corrected chi connectivity index (χ0v) is 6.47. The molecule has 3 heterocycles. The summed E-state index contributed by atoms with van der Waals surface area (Å²) in [6, 6.07) is 1.82. The number of hydrogen-bond acceptors (Lipinski definition) is 5. The Labute approximate surface area is 72.0 Å². The van der Waals surface area contributed by atoms with Crippen LogP contribution >= 0.6 is 0 Å². The molecule has 0 saturated heterocycles. The molecule has 0 aliphatic heterocycles. The van der Waals surface area contributed by atoms with E-state index in [1.54, 1.807) is 6.20 Å². The van der Waals surface area contributed by atoms with Gasteiger partial charge >= 0.3 is 0 Å². The van der Waals surface area contributed by atoms with E-state index in [9.17, 15) is 0 Å². The SMILES string of the molecule is c1ncc2nc3n[nH]nc3cc2n1. The number of aromatic amines is 1. The van der Waals surface area contributed by atoms with Gasteiger partial charge in [-0.3, -0.25) is 0 Å². The number of fused-ring (bicyclic) bond motifs is 2. The first-order valence-corrected chi connectivity index (χ1v) is 3.71. The molecule has 0 aromatic carbocycles. The van der Waals surface area contributed by atoms with Crippen molar-refractivity contribution in [1.82, 2.24) is 30.4 Å². The number of H-pyrrole nitrogens is 1. The number of rotatable bonds is 0. The third kappa shape index (κ3) is 0.851. The lowest BCUT2D eigenvalue weighted by atomic mass is 10.3. The van der Waals surface area contributed by atoms with Crippen LogP contribution in [0.15, 0.2) is 18.6 Å². The van der Waals surface area contributed by atoms with Crippen molar-refractivity contribution in [3.63, 3.8) is 0 Å². The minimum atomic E-state index is 0.585.